The number of thiophene rings is 1. The molecule has 0 saturated carbocycles. The molecule has 16 heavy (non-hydrogen) atoms. The van der Waals surface area contributed by atoms with E-state index in [9.17, 15) is 9.59 Å². The molecule has 0 aliphatic rings. The minimum Gasteiger partial charge on any atom is -0.468 e. The van der Waals surface area contributed by atoms with Crippen LogP contribution >= 0.6 is 11.3 Å². The number of hydrogen-bond acceptors (Lipinski definition) is 4. The van der Waals surface area contributed by atoms with Gasteiger partial charge in [0, 0.05) is 17.0 Å². The Morgan fingerprint density at radius 3 is 3.06 bits per heavy atom. The van der Waals surface area contributed by atoms with Crippen LogP contribution in [-0.2, 0) is 16.1 Å². The zero-order chi connectivity index (χ0) is 11.5. The smallest absolute Gasteiger partial charge is 0.327 e. The Morgan fingerprint density at radius 1 is 1.62 bits per heavy atom. The second kappa shape index (κ2) is 4.36. The third-order valence-electron chi connectivity index (χ3n) is 2.14. The Morgan fingerprint density at radius 2 is 2.44 bits per heavy atom. The summed E-state index contributed by atoms with van der Waals surface area (Å²) in [5.74, 6) is -0.458. The maximum atomic E-state index is 11.5. The number of aromatic nitrogens is 2. The average molecular weight is 238 g/mol. The van der Waals surface area contributed by atoms with E-state index in [1.54, 1.807) is 11.3 Å². The zero-order valence-corrected chi connectivity index (χ0v) is 9.41. The quantitative estimate of drug-likeness (QED) is 0.814. The number of aromatic amines is 1. The van der Waals surface area contributed by atoms with Crippen LogP contribution in [0.2, 0.25) is 0 Å². The van der Waals surface area contributed by atoms with Gasteiger partial charge < -0.3 is 4.74 Å². The molecule has 5 nitrogen and oxygen atoms in total. The summed E-state index contributed by atoms with van der Waals surface area (Å²) >= 11 is 1.55. The minimum atomic E-state index is -0.458. The van der Waals surface area contributed by atoms with Crippen LogP contribution in [0.15, 0.2) is 27.7 Å². The summed E-state index contributed by atoms with van der Waals surface area (Å²) in [5.41, 5.74) is 1.40. The van der Waals surface area contributed by atoms with E-state index in [-0.39, 0.29) is 12.1 Å². The van der Waals surface area contributed by atoms with E-state index in [0.29, 0.717) is 5.69 Å². The van der Waals surface area contributed by atoms with Crippen LogP contribution in [0.25, 0.3) is 11.3 Å². The van der Waals surface area contributed by atoms with E-state index in [1.807, 2.05) is 16.8 Å². The van der Waals surface area contributed by atoms with Crippen molar-refractivity contribution in [3.63, 3.8) is 0 Å². The Labute approximate surface area is 95.3 Å². The highest BCUT2D eigenvalue weighted by Gasteiger charge is 2.08. The van der Waals surface area contributed by atoms with Crippen LogP contribution in [0.3, 0.4) is 0 Å². The molecule has 0 spiro atoms. The molecular formula is C10H10N2O3S. The van der Waals surface area contributed by atoms with Gasteiger partial charge in [-0.3, -0.25) is 14.7 Å². The molecule has 6 heteroatoms. The molecule has 0 saturated heterocycles. The van der Waals surface area contributed by atoms with Crippen molar-refractivity contribution in [3.05, 3.63) is 33.2 Å². The fourth-order valence-corrected chi connectivity index (χ4v) is 1.97. The van der Waals surface area contributed by atoms with Gasteiger partial charge in [-0.05, 0) is 11.4 Å². The maximum Gasteiger partial charge on any atom is 0.327 e. The standard InChI is InChI=1S/C10H10N2O3S/c1-15-10(14)5-12-9(13)4-8(11-12)7-2-3-16-6-7/h2-4,6,11H,5H2,1H3. The number of H-pyrrole nitrogens is 1. The summed E-state index contributed by atoms with van der Waals surface area (Å²) in [6, 6.07) is 3.36. The first kappa shape index (κ1) is 10.7. The topological polar surface area (TPSA) is 64.1 Å². The van der Waals surface area contributed by atoms with Gasteiger partial charge >= 0.3 is 5.97 Å². The second-order valence-corrected chi connectivity index (χ2v) is 3.96. The van der Waals surface area contributed by atoms with Crippen LogP contribution in [0.1, 0.15) is 0 Å². The van der Waals surface area contributed by atoms with Gasteiger partial charge in [-0.25, -0.2) is 4.68 Å². The predicted octanol–water partition coefficient (Wildman–Crippen LogP) is 1.08. The van der Waals surface area contributed by atoms with E-state index in [4.69, 9.17) is 0 Å². The number of carbonyl (C=O) groups excluding carboxylic acids is 1. The van der Waals surface area contributed by atoms with Crippen molar-refractivity contribution >= 4 is 17.3 Å². The molecule has 0 bridgehead atoms. The molecule has 2 rings (SSSR count). The second-order valence-electron chi connectivity index (χ2n) is 3.18. The van der Waals surface area contributed by atoms with Crippen molar-refractivity contribution in [3.8, 4) is 11.3 Å². The first-order chi connectivity index (χ1) is 7.70. The van der Waals surface area contributed by atoms with Crippen LogP contribution < -0.4 is 5.56 Å². The fraction of sp³-hybridized carbons (Fsp3) is 0.200. The number of carbonyl (C=O) groups is 1. The third kappa shape index (κ3) is 2.06. The van der Waals surface area contributed by atoms with Gasteiger partial charge in [-0.2, -0.15) is 11.3 Å². The van der Waals surface area contributed by atoms with E-state index < -0.39 is 5.97 Å². The van der Waals surface area contributed by atoms with E-state index >= 15 is 0 Å². The summed E-state index contributed by atoms with van der Waals surface area (Å²) in [6.45, 7) is -0.0977. The molecule has 0 fully saturated rings. The lowest BCUT2D eigenvalue weighted by molar-refractivity contribution is -0.141. The van der Waals surface area contributed by atoms with E-state index in [0.717, 1.165) is 5.56 Å². The summed E-state index contributed by atoms with van der Waals surface area (Å²) in [5, 5.41) is 6.71. The first-order valence-electron chi connectivity index (χ1n) is 4.60. The Bertz CT molecular complexity index is 539. The maximum absolute atomic E-state index is 11.5. The Balaban J connectivity index is 2.29. The van der Waals surface area contributed by atoms with Crippen LogP contribution in [0, 0.1) is 0 Å². The van der Waals surface area contributed by atoms with Crippen LogP contribution in [0.4, 0.5) is 0 Å². The normalized spacial score (nSPS) is 10.3. The van der Waals surface area contributed by atoms with Gasteiger partial charge in [0.15, 0.2) is 0 Å². The number of nitrogens with one attached hydrogen (secondary N) is 1. The minimum absolute atomic E-state index is 0.0977. The van der Waals surface area contributed by atoms with Gasteiger partial charge in [0.1, 0.15) is 6.54 Å². The third-order valence-corrected chi connectivity index (χ3v) is 2.82. The molecule has 2 heterocycles. The number of hydrogen-bond donors (Lipinski definition) is 1. The predicted molar refractivity (Wildman–Crippen MR) is 60.4 cm³/mol. The molecule has 0 aliphatic carbocycles. The number of rotatable bonds is 3. The number of esters is 1. The van der Waals surface area contributed by atoms with Crippen molar-refractivity contribution < 1.29 is 9.53 Å². The lowest BCUT2D eigenvalue weighted by atomic mass is 10.2. The van der Waals surface area contributed by atoms with Crippen molar-refractivity contribution in [2.24, 2.45) is 0 Å². The summed E-state index contributed by atoms with van der Waals surface area (Å²) in [4.78, 5) is 22.5. The van der Waals surface area contributed by atoms with Crippen molar-refractivity contribution in [1.82, 2.24) is 9.78 Å². The molecule has 0 atom stereocenters. The number of nitrogens with zero attached hydrogens (tertiary/aromatic N) is 1. The fourth-order valence-electron chi connectivity index (χ4n) is 1.31. The van der Waals surface area contributed by atoms with Gasteiger partial charge in [0.05, 0.1) is 12.8 Å². The molecular weight excluding hydrogens is 228 g/mol. The Kier molecular flexibility index (Phi) is 2.91. The number of ether oxygens (including phenoxy) is 1. The highest BCUT2D eigenvalue weighted by Crippen LogP contribution is 2.18. The van der Waals surface area contributed by atoms with Crippen LogP contribution in [-0.4, -0.2) is 22.9 Å². The monoisotopic (exact) mass is 238 g/mol. The van der Waals surface area contributed by atoms with Gasteiger partial charge in [-0.15, -0.1) is 0 Å². The van der Waals surface area contributed by atoms with Crippen LogP contribution in [0.5, 0.6) is 0 Å². The summed E-state index contributed by atoms with van der Waals surface area (Å²) in [6.07, 6.45) is 0. The molecule has 0 unspecified atom stereocenters. The lowest BCUT2D eigenvalue weighted by Gasteiger charge is -1.99. The molecule has 0 aromatic carbocycles. The van der Waals surface area contributed by atoms with E-state index in [2.05, 4.69) is 9.84 Å². The molecule has 2 aromatic rings. The molecule has 0 aliphatic heterocycles. The molecule has 84 valence electrons. The van der Waals surface area contributed by atoms with Crippen molar-refractivity contribution in [1.29, 1.82) is 0 Å². The molecule has 2 aromatic heterocycles. The van der Waals surface area contributed by atoms with Crippen molar-refractivity contribution in [2.45, 2.75) is 6.54 Å². The zero-order valence-electron chi connectivity index (χ0n) is 8.60. The Hall–Kier alpha value is -1.82. The SMILES string of the molecule is COC(=O)Cn1[nH]c(-c2ccsc2)cc1=O. The lowest BCUT2D eigenvalue weighted by Crippen LogP contribution is -2.22. The largest absolute Gasteiger partial charge is 0.468 e. The number of methoxy groups -OCH3 is 1. The van der Waals surface area contributed by atoms with Gasteiger partial charge in [-0.1, -0.05) is 0 Å². The molecule has 0 amide bonds. The highest BCUT2D eigenvalue weighted by atomic mass is 32.1. The van der Waals surface area contributed by atoms with E-state index in [1.165, 1.54) is 17.9 Å². The van der Waals surface area contributed by atoms with Gasteiger partial charge in [0.2, 0.25) is 0 Å². The summed E-state index contributed by atoms with van der Waals surface area (Å²) < 4.78 is 5.71. The molecule has 0 radical (unpaired) electrons. The summed E-state index contributed by atoms with van der Waals surface area (Å²) in [7, 11) is 1.29. The first-order valence-corrected chi connectivity index (χ1v) is 5.54. The van der Waals surface area contributed by atoms with Crippen molar-refractivity contribution in [2.75, 3.05) is 7.11 Å². The van der Waals surface area contributed by atoms with Gasteiger partial charge in [0.25, 0.3) is 5.56 Å². The average Bonchev–Trinajstić information content (AvgIpc) is 2.88. The molecule has 1 N–H and O–H groups in total. The highest BCUT2D eigenvalue weighted by molar-refractivity contribution is 7.08.